The van der Waals surface area contributed by atoms with Crippen molar-refractivity contribution in [3.8, 4) is 0 Å². The first-order valence-corrected chi connectivity index (χ1v) is 6.95. The predicted molar refractivity (Wildman–Crippen MR) is 75.1 cm³/mol. The Morgan fingerprint density at radius 2 is 1.78 bits per heavy atom. The zero-order valence-corrected chi connectivity index (χ0v) is 11.8. The Bertz CT molecular complexity index is 419. The summed E-state index contributed by atoms with van der Waals surface area (Å²) in [6.45, 7) is 5.78. The van der Waals surface area contributed by atoms with Crippen molar-refractivity contribution in [2.24, 2.45) is 5.92 Å². The minimum absolute atomic E-state index is 0.0683. The molecule has 0 aromatic heterocycles. The molecule has 3 heteroatoms. The molecule has 0 spiro atoms. The highest BCUT2D eigenvalue weighted by Gasteiger charge is 2.41. The van der Waals surface area contributed by atoms with Gasteiger partial charge in [0.15, 0.2) is 0 Å². The summed E-state index contributed by atoms with van der Waals surface area (Å²) in [6.07, 6.45) is 1.76. The average Bonchev–Trinajstić information content (AvgIpc) is 2.39. The molecule has 0 atom stereocenters. The van der Waals surface area contributed by atoms with Gasteiger partial charge in [0, 0.05) is 10.9 Å². The van der Waals surface area contributed by atoms with E-state index in [4.69, 9.17) is 11.6 Å². The summed E-state index contributed by atoms with van der Waals surface area (Å²) < 4.78 is 0. The minimum atomic E-state index is -0.315. The van der Waals surface area contributed by atoms with Crippen LogP contribution in [-0.4, -0.2) is 18.9 Å². The molecule has 1 aliphatic rings. The van der Waals surface area contributed by atoms with Gasteiger partial charge in [-0.2, -0.15) is 0 Å². The molecule has 18 heavy (non-hydrogen) atoms. The summed E-state index contributed by atoms with van der Waals surface area (Å²) in [4.78, 5) is 12.6. The lowest BCUT2D eigenvalue weighted by molar-refractivity contribution is -0.128. The number of carbonyl (C=O) groups excluding carboxylic acids is 1. The highest BCUT2D eigenvalue weighted by molar-refractivity contribution is 6.30. The molecular weight excluding hydrogens is 246 g/mol. The first-order valence-electron chi connectivity index (χ1n) is 6.57. The van der Waals surface area contributed by atoms with Crippen molar-refractivity contribution in [3.63, 3.8) is 0 Å². The molecule has 0 amide bonds. The number of hydrogen-bond donors (Lipinski definition) is 1. The van der Waals surface area contributed by atoms with Crippen molar-refractivity contribution >= 4 is 17.4 Å². The molecule has 2 nitrogen and oxygen atoms in total. The molecule has 1 saturated heterocycles. The van der Waals surface area contributed by atoms with Crippen molar-refractivity contribution in [1.82, 2.24) is 5.32 Å². The van der Waals surface area contributed by atoms with Gasteiger partial charge < -0.3 is 5.32 Å². The number of piperidine rings is 1. The summed E-state index contributed by atoms with van der Waals surface area (Å²) in [5, 5.41) is 4.06. The first-order chi connectivity index (χ1) is 8.56. The van der Waals surface area contributed by atoms with Crippen molar-refractivity contribution in [1.29, 1.82) is 0 Å². The fourth-order valence-corrected chi connectivity index (χ4v) is 2.98. The van der Waals surface area contributed by atoms with Gasteiger partial charge in [0.05, 0.1) is 5.41 Å². The Hall–Kier alpha value is -0.860. The van der Waals surface area contributed by atoms with Crippen LogP contribution in [0.1, 0.15) is 32.3 Å². The highest BCUT2D eigenvalue weighted by Crippen LogP contribution is 2.37. The van der Waals surface area contributed by atoms with Crippen LogP contribution in [0.4, 0.5) is 0 Å². The Kier molecular flexibility index (Phi) is 4.08. The van der Waals surface area contributed by atoms with E-state index in [0.717, 1.165) is 36.5 Å². The summed E-state index contributed by atoms with van der Waals surface area (Å²) in [5.74, 6) is 0.421. The zero-order valence-electron chi connectivity index (χ0n) is 11.0. The first kappa shape index (κ1) is 13.6. The fourth-order valence-electron chi connectivity index (χ4n) is 2.85. The largest absolute Gasteiger partial charge is 0.317 e. The SMILES string of the molecule is CC(C)C(=O)C1(c2ccc(Cl)cc2)CCNCC1. The number of hydrogen-bond acceptors (Lipinski definition) is 2. The number of halogens is 1. The van der Waals surface area contributed by atoms with Crippen LogP contribution < -0.4 is 5.32 Å². The number of carbonyl (C=O) groups is 1. The predicted octanol–water partition coefficient (Wildman–Crippen LogP) is 3.19. The standard InChI is InChI=1S/C15H20ClNO/c1-11(2)14(18)15(7-9-17-10-8-15)12-3-5-13(16)6-4-12/h3-6,11,17H,7-10H2,1-2H3. The van der Waals surface area contributed by atoms with Crippen molar-refractivity contribution in [2.45, 2.75) is 32.1 Å². The Morgan fingerprint density at radius 3 is 2.28 bits per heavy atom. The van der Waals surface area contributed by atoms with Crippen LogP contribution >= 0.6 is 11.6 Å². The molecule has 0 aliphatic carbocycles. The molecule has 2 rings (SSSR count). The number of ketones is 1. The van der Waals surface area contributed by atoms with Crippen LogP contribution in [-0.2, 0) is 10.2 Å². The van der Waals surface area contributed by atoms with E-state index in [1.165, 1.54) is 0 Å². The Balaban J connectivity index is 2.41. The summed E-state index contributed by atoms with van der Waals surface area (Å²) in [6, 6.07) is 7.78. The van der Waals surface area contributed by atoms with Gasteiger partial charge >= 0.3 is 0 Å². The molecule has 0 bridgehead atoms. The van der Waals surface area contributed by atoms with Gasteiger partial charge in [0.25, 0.3) is 0 Å². The van der Waals surface area contributed by atoms with E-state index in [0.29, 0.717) is 5.78 Å². The quantitative estimate of drug-likeness (QED) is 0.909. The molecule has 0 saturated carbocycles. The second-order valence-corrected chi connectivity index (χ2v) is 5.79. The van der Waals surface area contributed by atoms with Crippen molar-refractivity contribution < 1.29 is 4.79 Å². The van der Waals surface area contributed by atoms with Crippen molar-refractivity contribution in [2.75, 3.05) is 13.1 Å². The third-order valence-electron chi connectivity index (χ3n) is 3.85. The number of nitrogens with one attached hydrogen (secondary N) is 1. The summed E-state index contributed by atoms with van der Waals surface area (Å²) in [5.41, 5.74) is 0.802. The van der Waals surface area contributed by atoms with E-state index in [1.807, 2.05) is 38.1 Å². The third-order valence-corrected chi connectivity index (χ3v) is 4.10. The Morgan fingerprint density at radius 1 is 1.22 bits per heavy atom. The van der Waals surface area contributed by atoms with E-state index < -0.39 is 0 Å². The van der Waals surface area contributed by atoms with Crippen LogP contribution in [0.2, 0.25) is 5.02 Å². The van der Waals surface area contributed by atoms with E-state index in [1.54, 1.807) is 0 Å². The second kappa shape index (κ2) is 5.41. The molecular formula is C15H20ClNO. The minimum Gasteiger partial charge on any atom is -0.317 e. The maximum absolute atomic E-state index is 12.6. The van der Waals surface area contributed by atoms with E-state index >= 15 is 0 Å². The van der Waals surface area contributed by atoms with E-state index in [-0.39, 0.29) is 11.3 Å². The lowest BCUT2D eigenvalue weighted by atomic mass is 9.67. The molecule has 1 heterocycles. The van der Waals surface area contributed by atoms with Crippen molar-refractivity contribution in [3.05, 3.63) is 34.9 Å². The van der Waals surface area contributed by atoms with Gasteiger partial charge in [-0.25, -0.2) is 0 Å². The lowest BCUT2D eigenvalue weighted by Crippen LogP contribution is -2.47. The van der Waals surface area contributed by atoms with Crippen LogP contribution in [0, 0.1) is 5.92 Å². The molecule has 1 fully saturated rings. The maximum atomic E-state index is 12.6. The van der Waals surface area contributed by atoms with Crippen LogP contribution in [0.15, 0.2) is 24.3 Å². The van der Waals surface area contributed by atoms with E-state index in [2.05, 4.69) is 5.32 Å². The molecule has 0 radical (unpaired) electrons. The maximum Gasteiger partial charge on any atom is 0.146 e. The Labute approximate surface area is 114 Å². The topological polar surface area (TPSA) is 29.1 Å². The zero-order chi connectivity index (χ0) is 13.2. The van der Waals surface area contributed by atoms with Crippen LogP contribution in [0.3, 0.4) is 0 Å². The molecule has 1 aromatic rings. The van der Waals surface area contributed by atoms with Crippen LogP contribution in [0.25, 0.3) is 0 Å². The van der Waals surface area contributed by atoms with Gasteiger partial charge in [0.2, 0.25) is 0 Å². The monoisotopic (exact) mass is 265 g/mol. The molecule has 0 unspecified atom stereocenters. The van der Waals surface area contributed by atoms with Gasteiger partial charge in [-0.05, 0) is 43.6 Å². The number of benzene rings is 1. The number of Topliss-reactive ketones (excluding diaryl/α,β-unsaturated/α-hetero) is 1. The van der Waals surface area contributed by atoms with E-state index in [9.17, 15) is 4.79 Å². The highest BCUT2D eigenvalue weighted by atomic mass is 35.5. The average molecular weight is 266 g/mol. The summed E-state index contributed by atoms with van der Waals surface area (Å²) >= 11 is 5.94. The lowest BCUT2D eigenvalue weighted by Gasteiger charge is -2.38. The summed E-state index contributed by atoms with van der Waals surface area (Å²) in [7, 11) is 0. The van der Waals surface area contributed by atoms with Gasteiger partial charge in [-0.1, -0.05) is 37.6 Å². The molecule has 1 aromatic carbocycles. The third kappa shape index (κ3) is 2.45. The second-order valence-electron chi connectivity index (χ2n) is 5.36. The number of rotatable bonds is 3. The fraction of sp³-hybridized carbons (Fsp3) is 0.533. The van der Waals surface area contributed by atoms with Gasteiger partial charge in [-0.3, -0.25) is 4.79 Å². The smallest absolute Gasteiger partial charge is 0.146 e. The van der Waals surface area contributed by atoms with Gasteiger partial charge in [-0.15, -0.1) is 0 Å². The normalized spacial score (nSPS) is 18.9. The molecule has 98 valence electrons. The molecule has 1 N–H and O–H groups in total. The van der Waals surface area contributed by atoms with Gasteiger partial charge in [0.1, 0.15) is 5.78 Å². The molecule has 1 aliphatic heterocycles. The van der Waals surface area contributed by atoms with Crippen LogP contribution in [0.5, 0.6) is 0 Å².